The molecule has 0 spiro atoms. The molecule has 7 nitrogen and oxygen atoms in total. The Balaban J connectivity index is 1.90. The molecule has 1 aliphatic rings. The lowest BCUT2D eigenvalue weighted by atomic mass is 10.1. The summed E-state index contributed by atoms with van der Waals surface area (Å²) < 4.78 is 7.18. The zero-order valence-corrected chi connectivity index (χ0v) is 12.5. The van der Waals surface area contributed by atoms with Crippen LogP contribution in [-0.4, -0.2) is 50.3 Å². The number of nitrogens with zero attached hydrogens (tertiary/aromatic N) is 4. The van der Waals surface area contributed by atoms with Crippen molar-refractivity contribution in [1.29, 1.82) is 0 Å². The number of ether oxygens (including phenoxy) is 1. The fraction of sp³-hybridized carbons (Fsp3) is 0.500. The van der Waals surface area contributed by atoms with Crippen LogP contribution in [0.25, 0.3) is 0 Å². The predicted octanol–water partition coefficient (Wildman–Crippen LogP) is 0.974. The number of aryl methyl sites for hydroxylation is 3. The molecular weight excluding hydrogens is 270 g/mol. The van der Waals surface area contributed by atoms with Gasteiger partial charge in [-0.15, -0.1) is 0 Å². The van der Waals surface area contributed by atoms with Gasteiger partial charge in [-0.3, -0.25) is 9.48 Å². The minimum Gasteiger partial charge on any atom is -0.377 e. The number of hydrogen-bond donors (Lipinski definition) is 1. The summed E-state index contributed by atoms with van der Waals surface area (Å²) in [6, 6.07) is -0.181. The summed E-state index contributed by atoms with van der Waals surface area (Å²) in [4.78, 5) is 22.2. The Morgan fingerprint density at radius 1 is 1.48 bits per heavy atom. The van der Waals surface area contributed by atoms with E-state index in [0.29, 0.717) is 25.3 Å². The van der Waals surface area contributed by atoms with Crippen LogP contribution in [0.1, 0.15) is 33.6 Å². The SMILES string of the molecule is Cc1cnc([C@H]2COCCN2C(=O)c2cn(C)nc2C)[nH]1. The van der Waals surface area contributed by atoms with Crippen molar-refractivity contribution in [3.63, 3.8) is 0 Å². The Morgan fingerprint density at radius 2 is 2.29 bits per heavy atom. The molecule has 112 valence electrons. The molecule has 1 aliphatic heterocycles. The molecule has 0 bridgehead atoms. The fourth-order valence-electron chi connectivity index (χ4n) is 2.64. The van der Waals surface area contributed by atoms with Crippen molar-refractivity contribution in [3.05, 3.63) is 35.2 Å². The highest BCUT2D eigenvalue weighted by molar-refractivity contribution is 5.95. The largest absolute Gasteiger partial charge is 0.377 e. The lowest BCUT2D eigenvalue weighted by Gasteiger charge is -2.34. The van der Waals surface area contributed by atoms with Crippen LogP contribution in [0, 0.1) is 13.8 Å². The summed E-state index contributed by atoms with van der Waals surface area (Å²) in [5, 5.41) is 4.24. The van der Waals surface area contributed by atoms with Gasteiger partial charge in [0.15, 0.2) is 0 Å². The van der Waals surface area contributed by atoms with Crippen molar-refractivity contribution < 1.29 is 9.53 Å². The van der Waals surface area contributed by atoms with E-state index in [9.17, 15) is 4.79 Å². The second kappa shape index (κ2) is 5.33. The van der Waals surface area contributed by atoms with Crippen LogP contribution >= 0.6 is 0 Å². The average Bonchev–Trinajstić information content (AvgIpc) is 3.04. The van der Waals surface area contributed by atoms with E-state index in [1.54, 1.807) is 17.1 Å². The number of aromatic nitrogens is 4. The maximum Gasteiger partial charge on any atom is 0.258 e. The Hall–Kier alpha value is -2.15. The van der Waals surface area contributed by atoms with Crippen molar-refractivity contribution in [1.82, 2.24) is 24.6 Å². The van der Waals surface area contributed by atoms with Gasteiger partial charge in [0.05, 0.1) is 24.5 Å². The molecule has 0 unspecified atom stereocenters. The Bertz CT molecular complexity index is 660. The van der Waals surface area contributed by atoms with Crippen LogP contribution in [0.3, 0.4) is 0 Å². The minimum absolute atomic E-state index is 0.0250. The number of aromatic amines is 1. The van der Waals surface area contributed by atoms with E-state index in [1.807, 2.05) is 25.8 Å². The van der Waals surface area contributed by atoms with Gasteiger partial charge in [0.1, 0.15) is 11.9 Å². The van der Waals surface area contributed by atoms with Crippen molar-refractivity contribution in [3.8, 4) is 0 Å². The maximum atomic E-state index is 12.8. The molecule has 0 aliphatic carbocycles. The monoisotopic (exact) mass is 289 g/mol. The zero-order valence-electron chi connectivity index (χ0n) is 12.5. The first-order valence-corrected chi connectivity index (χ1v) is 6.96. The van der Waals surface area contributed by atoms with Crippen molar-refractivity contribution in [2.45, 2.75) is 19.9 Å². The molecule has 1 atom stereocenters. The van der Waals surface area contributed by atoms with Crippen LogP contribution < -0.4 is 0 Å². The van der Waals surface area contributed by atoms with Crippen LogP contribution in [0.15, 0.2) is 12.4 Å². The number of nitrogens with one attached hydrogen (secondary N) is 1. The van der Waals surface area contributed by atoms with Gasteiger partial charge in [-0.05, 0) is 13.8 Å². The molecule has 3 heterocycles. The second-order valence-electron chi connectivity index (χ2n) is 5.34. The Morgan fingerprint density at radius 3 is 2.90 bits per heavy atom. The quantitative estimate of drug-likeness (QED) is 0.894. The van der Waals surface area contributed by atoms with E-state index in [1.165, 1.54) is 0 Å². The molecule has 1 amide bonds. The summed E-state index contributed by atoms with van der Waals surface area (Å²) >= 11 is 0. The van der Waals surface area contributed by atoms with Gasteiger partial charge in [0.2, 0.25) is 0 Å². The maximum absolute atomic E-state index is 12.8. The van der Waals surface area contributed by atoms with Crippen molar-refractivity contribution >= 4 is 5.91 Å². The van der Waals surface area contributed by atoms with Gasteiger partial charge in [-0.25, -0.2) is 4.98 Å². The molecule has 1 saturated heterocycles. The number of hydrogen-bond acceptors (Lipinski definition) is 4. The summed E-state index contributed by atoms with van der Waals surface area (Å²) in [6.45, 7) is 5.34. The molecule has 1 N–H and O–H groups in total. The molecule has 3 rings (SSSR count). The fourth-order valence-corrected chi connectivity index (χ4v) is 2.64. The minimum atomic E-state index is -0.181. The molecule has 0 aromatic carbocycles. The van der Waals surface area contributed by atoms with Crippen molar-refractivity contribution in [2.24, 2.45) is 7.05 Å². The average molecular weight is 289 g/mol. The smallest absolute Gasteiger partial charge is 0.258 e. The van der Waals surface area contributed by atoms with E-state index in [-0.39, 0.29) is 11.9 Å². The number of H-pyrrole nitrogens is 1. The first-order chi connectivity index (χ1) is 10.1. The predicted molar refractivity (Wildman–Crippen MR) is 75.9 cm³/mol. The summed E-state index contributed by atoms with van der Waals surface area (Å²) in [5.74, 6) is 0.741. The van der Waals surface area contributed by atoms with Gasteiger partial charge >= 0.3 is 0 Å². The lowest BCUT2D eigenvalue weighted by molar-refractivity contribution is -0.00505. The Labute approximate surface area is 122 Å². The number of morpholine rings is 1. The van der Waals surface area contributed by atoms with Crippen molar-refractivity contribution in [2.75, 3.05) is 19.8 Å². The highest BCUT2D eigenvalue weighted by Crippen LogP contribution is 2.24. The second-order valence-corrected chi connectivity index (χ2v) is 5.34. The van der Waals surface area contributed by atoms with Crippen LogP contribution in [0.4, 0.5) is 0 Å². The van der Waals surface area contributed by atoms with Crippen LogP contribution in [0.2, 0.25) is 0 Å². The normalized spacial score (nSPS) is 19.0. The highest BCUT2D eigenvalue weighted by atomic mass is 16.5. The van der Waals surface area contributed by atoms with E-state index >= 15 is 0 Å². The van der Waals surface area contributed by atoms with E-state index in [4.69, 9.17) is 4.74 Å². The van der Waals surface area contributed by atoms with Crippen LogP contribution in [0.5, 0.6) is 0 Å². The summed E-state index contributed by atoms with van der Waals surface area (Å²) in [7, 11) is 1.82. The topological polar surface area (TPSA) is 76.0 Å². The molecular formula is C14H19N5O2. The zero-order chi connectivity index (χ0) is 15.0. The Kier molecular flexibility index (Phi) is 3.50. The van der Waals surface area contributed by atoms with Gasteiger partial charge < -0.3 is 14.6 Å². The first-order valence-electron chi connectivity index (χ1n) is 6.96. The van der Waals surface area contributed by atoms with E-state index in [2.05, 4.69) is 15.1 Å². The molecule has 2 aromatic rings. The van der Waals surface area contributed by atoms with Crippen LogP contribution in [-0.2, 0) is 11.8 Å². The number of imidazole rings is 1. The number of carbonyl (C=O) groups is 1. The third-order valence-corrected chi connectivity index (χ3v) is 3.67. The molecule has 21 heavy (non-hydrogen) atoms. The third-order valence-electron chi connectivity index (χ3n) is 3.67. The standard InChI is InChI=1S/C14H19N5O2/c1-9-6-15-13(16-9)12-8-21-5-4-19(12)14(20)11-7-18(3)17-10(11)2/h6-7,12H,4-5,8H2,1-3H3,(H,15,16)/t12-/m1/s1. The van der Waals surface area contributed by atoms with Gasteiger partial charge in [-0.1, -0.05) is 0 Å². The van der Waals surface area contributed by atoms with Gasteiger partial charge in [0, 0.05) is 31.7 Å². The lowest BCUT2D eigenvalue weighted by Crippen LogP contribution is -2.44. The van der Waals surface area contributed by atoms with E-state index < -0.39 is 0 Å². The highest BCUT2D eigenvalue weighted by Gasteiger charge is 2.32. The van der Waals surface area contributed by atoms with Gasteiger partial charge in [0.25, 0.3) is 5.91 Å². The molecule has 2 aromatic heterocycles. The molecule has 0 radical (unpaired) electrons. The number of carbonyl (C=O) groups excluding carboxylic acids is 1. The van der Waals surface area contributed by atoms with E-state index in [0.717, 1.165) is 17.2 Å². The molecule has 0 saturated carbocycles. The first kappa shape index (κ1) is 13.8. The number of amides is 1. The molecule has 1 fully saturated rings. The molecule has 7 heteroatoms. The van der Waals surface area contributed by atoms with Gasteiger partial charge in [-0.2, -0.15) is 5.10 Å². The summed E-state index contributed by atoms with van der Waals surface area (Å²) in [5.41, 5.74) is 2.34. The number of rotatable bonds is 2. The summed E-state index contributed by atoms with van der Waals surface area (Å²) in [6.07, 6.45) is 3.53. The third kappa shape index (κ3) is 2.56.